The molecule has 92 valence electrons. The van der Waals surface area contributed by atoms with Crippen LogP contribution >= 0.6 is 0 Å². The lowest BCUT2D eigenvalue weighted by Crippen LogP contribution is -2.41. The molecule has 0 bridgehead atoms. The van der Waals surface area contributed by atoms with E-state index >= 15 is 0 Å². The molecule has 2 N–H and O–H groups in total. The maximum absolute atomic E-state index is 9.56. The Bertz CT molecular complexity index is 163. The second-order valence-corrected chi connectivity index (χ2v) is 5.00. The molecule has 0 saturated carbocycles. The van der Waals surface area contributed by atoms with Crippen molar-refractivity contribution in [2.75, 3.05) is 47.4 Å². The average molecular weight is 218 g/mol. The molecule has 0 aromatic carbocycles. The summed E-state index contributed by atoms with van der Waals surface area (Å²) in [6.45, 7) is 7.40. The first-order valence-electron chi connectivity index (χ1n) is 5.41. The predicted molar refractivity (Wildman–Crippen MR) is 63.1 cm³/mol. The van der Waals surface area contributed by atoms with E-state index in [0.717, 1.165) is 13.1 Å². The van der Waals surface area contributed by atoms with Crippen molar-refractivity contribution in [3.8, 4) is 0 Å². The van der Waals surface area contributed by atoms with Crippen molar-refractivity contribution in [1.82, 2.24) is 10.2 Å². The van der Waals surface area contributed by atoms with E-state index in [4.69, 9.17) is 4.74 Å². The molecule has 15 heavy (non-hydrogen) atoms. The van der Waals surface area contributed by atoms with Gasteiger partial charge in [0.25, 0.3) is 0 Å². The van der Waals surface area contributed by atoms with E-state index in [2.05, 4.69) is 24.1 Å². The molecule has 1 unspecified atom stereocenters. The van der Waals surface area contributed by atoms with Crippen molar-refractivity contribution in [3.63, 3.8) is 0 Å². The lowest BCUT2D eigenvalue weighted by Gasteiger charge is -2.31. The summed E-state index contributed by atoms with van der Waals surface area (Å²) in [5.74, 6) is 0. The van der Waals surface area contributed by atoms with E-state index in [0.29, 0.717) is 13.2 Å². The normalized spacial score (nSPS) is 14.6. The second kappa shape index (κ2) is 7.17. The Labute approximate surface area is 93.6 Å². The highest BCUT2D eigenvalue weighted by molar-refractivity contribution is 4.75. The molecule has 0 saturated heterocycles. The first-order valence-corrected chi connectivity index (χ1v) is 5.41. The summed E-state index contributed by atoms with van der Waals surface area (Å²) < 4.78 is 4.89. The van der Waals surface area contributed by atoms with E-state index in [1.165, 1.54) is 0 Å². The molecule has 0 aliphatic heterocycles. The zero-order valence-electron chi connectivity index (χ0n) is 10.7. The number of rotatable bonds is 8. The number of methoxy groups -OCH3 is 1. The summed E-state index contributed by atoms with van der Waals surface area (Å²) >= 11 is 0. The summed E-state index contributed by atoms with van der Waals surface area (Å²) in [6.07, 6.45) is -0.398. The molecule has 4 heteroatoms. The zero-order valence-corrected chi connectivity index (χ0v) is 10.7. The van der Waals surface area contributed by atoms with E-state index in [-0.39, 0.29) is 5.41 Å². The van der Waals surface area contributed by atoms with Crippen LogP contribution in [-0.4, -0.2) is 63.6 Å². The maximum Gasteiger partial charge on any atom is 0.0899 e. The van der Waals surface area contributed by atoms with Crippen LogP contribution < -0.4 is 5.32 Å². The second-order valence-electron chi connectivity index (χ2n) is 5.00. The number of nitrogens with zero attached hydrogens (tertiary/aromatic N) is 1. The van der Waals surface area contributed by atoms with Gasteiger partial charge in [-0.15, -0.1) is 0 Å². The van der Waals surface area contributed by atoms with Gasteiger partial charge < -0.3 is 20.1 Å². The smallest absolute Gasteiger partial charge is 0.0899 e. The Morgan fingerprint density at radius 1 is 1.47 bits per heavy atom. The van der Waals surface area contributed by atoms with Crippen molar-refractivity contribution in [1.29, 1.82) is 0 Å². The summed E-state index contributed by atoms with van der Waals surface area (Å²) in [4.78, 5) is 2.14. The molecule has 0 fully saturated rings. The highest BCUT2D eigenvalue weighted by Gasteiger charge is 2.20. The molecular weight excluding hydrogens is 192 g/mol. The van der Waals surface area contributed by atoms with E-state index in [1.807, 2.05) is 14.1 Å². The van der Waals surface area contributed by atoms with Crippen LogP contribution in [0.1, 0.15) is 13.8 Å². The van der Waals surface area contributed by atoms with Gasteiger partial charge in [-0.3, -0.25) is 0 Å². The summed E-state index contributed by atoms with van der Waals surface area (Å²) in [5, 5.41) is 12.7. The Morgan fingerprint density at radius 3 is 2.53 bits per heavy atom. The zero-order chi connectivity index (χ0) is 11.9. The highest BCUT2D eigenvalue weighted by atomic mass is 16.5. The first-order chi connectivity index (χ1) is 6.91. The van der Waals surface area contributed by atoms with Gasteiger partial charge >= 0.3 is 0 Å². The van der Waals surface area contributed by atoms with Crippen LogP contribution in [0.2, 0.25) is 0 Å². The fourth-order valence-electron chi connectivity index (χ4n) is 1.93. The van der Waals surface area contributed by atoms with Crippen molar-refractivity contribution in [3.05, 3.63) is 0 Å². The largest absolute Gasteiger partial charge is 0.389 e. The maximum atomic E-state index is 9.56. The molecule has 0 spiro atoms. The third kappa shape index (κ3) is 7.73. The summed E-state index contributed by atoms with van der Waals surface area (Å²) in [7, 11) is 5.59. The van der Waals surface area contributed by atoms with Gasteiger partial charge in [-0.1, -0.05) is 13.8 Å². The SMILES string of the molecule is CNCC(C)(C)CN(C)CC(O)COC. The first kappa shape index (κ1) is 14.8. The van der Waals surface area contributed by atoms with Crippen LogP contribution in [0, 0.1) is 5.41 Å². The molecule has 1 atom stereocenters. The fraction of sp³-hybridized carbons (Fsp3) is 1.00. The minimum absolute atomic E-state index is 0.219. The van der Waals surface area contributed by atoms with Gasteiger partial charge in [0.05, 0.1) is 12.7 Å². The van der Waals surface area contributed by atoms with Gasteiger partial charge in [-0.05, 0) is 19.5 Å². The van der Waals surface area contributed by atoms with Crippen molar-refractivity contribution < 1.29 is 9.84 Å². The average Bonchev–Trinajstić information content (AvgIpc) is 2.01. The molecule has 4 nitrogen and oxygen atoms in total. The summed E-state index contributed by atoms with van der Waals surface area (Å²) in [5.41, 5.74) is 0.219. The number of nitrogens with one attached hydrogen (secondary N) is 1. The third-order valence-electron chi connectivity index (χ3n) is 2.23. The number of hydrogen-bond acceptors (Lipinski definition) is 4. The van der Waals surface area contributed by atoms with Crippen molar-refractivity contribution >= 4 is 0 Å². The van der Waals surface area contributed by atoms with Crippen LogP contribution in [-0.2, 0) is 4.74 Å². The number of ether oxygens (including phenoxy) is 1. The fourth-order valence-corrected chi connectivity index (χ4v) is 1.93. The van der Waals surface area contributed by atoms with Gasteiger partial charge in [0.2, 0.25) is 0 Å². The van der Waals surface area contributed by atoms with Crippen molar-refractivity contribution in [2.24, 2.45) is 5.41 Å². The minimum atomic E-state index is -0.398. The molecule has 0 rings (SSSR count). The highest BCUT2D eigenvalue weighted by Crippen LogP contribution is 2.14. The number of aliphatic hydroxyl groups is 1. The Balaban J connectivity index is 3.85. The molecule has 0 heterocycles. The Kier molecular flexibility index (Phi) is 7.09. The van der Waals surface area contributed by atoms with Crippen LogP contribution in [0.25, 0.3) is 0 Å². The quantitative estimate of drug-likeness (QED) is 0.610. The van der Waals surface area contributed by atoms with Crippen molar-refractivity contribution in [2.45, 2.75) is 20.0 Å². The summed E-state index contributed by atoms with van der Waals surface area (Å²) in [6, 6.07) is 0. The van der Waals surface area contributed by atoms with Gasteiger partial charge in [0, 0.05) is 26.7 Å². The van der Waals surface area contributed by atoms with Crippen LogP contribution in [0.5, 0.6) is 0 Å². The minimum Gasteiger partial charge on any atom is -0.389 e. The Hall–Kier alpha value is -0.160. The number of likely N-dealkylation sites (N-methyl/N-ethyl adjacent to an activating group) is 1. The Morgan fingerprint density at radius 2 is 2.07 bits per heavy atom. The van der Waals surface area contributed by atoms with Gasteiger partial charge in [-0.25, -0.2) is 0 Å². The monoisotopic (exact) mass is 218 g/mol. The topological polar surface area (TPSA) is 44.7 Å². The van der Waals surface area contributed by atoms with Gasteiger partial charge in [0.15, 0.2) is 0 Å². The van der Waals surface area contributed by atoms with Gasteiger partial charge in [0.1, 0.15) is 0 Å². The van der Waals surface area contributed by atoms with E-state index < -0.39 is 6.10 Å². The van der Waals surface area contributed by atoms with E-state index in [9.17, 15) is 5.11 Å². The van der Waals surface area contributed by atoms with Gasteiger partial charge in [-0.2, -0.15) is 0 Å². The van der Waals surface area contributed by atoms with Crippen LogP contribution in [0.15, 0.2) is 0 Å². The number of aliphatic hydroxyl groups excluding tert-OH is 1. The third-order valence-corrected chi connectivity index (χ3v) is 2.23. The molecule has 0 aliphatic carbocycles. The predicted octanol–water partition coefficient (Wildman–Crippen LogP) is 0.171. The number of hydrogen-bond donors (Lipinski definition) is 2. The molecule has 0 aliphatic rings. The lowest BCUT2D eigenvalue weighted by molar-refractivity contribution is 0.0362. The molecular formula is C11H26N2O2. The molecule has 0 amide bonds. The van der Waals surface area contributed by atoms with Crippen LogP contribution in [0.4, 0.5) is 0 Å². The molecule has 0 aromatic rings. The van der Waals surface area contributed by atoms with E-state index in [1.54, 1.807) is 7.11 Å². The molecule has 0 aromatic heterocycles. The standard InChI is InChI=1S/C11H26N2O2/c1-11(2,8-12-3)9-13(4)6-10(14)7-15-5/h10,12,14H,6-9H2,1-5H3. The van der Waals surface area contributed by atoms with Crippen LogP contribution in [0.3, 0.4) is 0 Å². The molecule has 0 radical (unpaired) electrons. The lowest BCUT2D eigenvalue weighted by atomic mass is 9.93.